The molecule has 1 N–H and O–H groups in total. The number of carbonyl (C=O) groups is 1. The van der Waals surface area contributed by atoms with Crippen LogP contribution in [0.3, 0.4) is 0 Å². The number of rotatable bonds is 5. The minimum absolute atomic E-state index is 0.237. The van der Waals surface area contributed by atoms with E-state index in [1.54, 1.807) is 12.1 Å². The van der Waals surface area contributed by atoms with Gasteiger partial charge < -0.3 is 10.2 Å². The van der Waals surface area contributed by atoms with Gasteiger partial charge in [0, 0.05) is 13.0 Å². The summed E-state index contributed by atoms with van der Waals surface area (Å²) in [4.78, 5) is 15.1. The van der Waals surface area contributed by atoms with Crippen LogP contribution in [0.15, 0.2) is 18.2 Å². The highest BCUT2D eigenvalue weighted by atomic mass is 35.5. The molecule has 0 spiro atoms. The molecule has 2 rings (SSSR count). The van der Waals surface area contributed by atoms with Crippen molar-refractivity contribution in [3.63, 3.8) is 0 Å². The normalized spacial score (nSPS) is 22.6. The Bertz CT molecular complexity index is 523. The second kappa shape index (κ2) is 7.78. The summed E-state index contributed by atoms with van der Waals surface area (Å²) in [5, 5.41) is 4.55. The Hall–Kier alpha value is -0.610. The smallest absolute Gasteiger partial charge is 0.158 e. The van der Waals surface area contributed by atoms with Crippen molar-refractivity contribution < 1.29 is 4.79 Å². The lowest BCUT2D eigenvalue weighted by molar-refractivity contribution is -0.125. The predicted octanol–water partition coefficient (Wildman–Crippen LogP) is 3.57. The topological polar surface area (TPSA) is 32.3 Å². The van der Waals surface area contributed by atoms with Gasteiger partial charge in [-0.2, -0.15) is 0 Å². The number of halogens is 2. The van der Waals surface area contributed by atoms with Crippen LogP contribution in [0.1, 0.15) is 31.2 Å². The van der Waals surface area contributed by atoms with Gasteiger partial charge in [0.15, 0.2) is 5.78 Å². The van der Waals surface area contributed by atoms with E-state index in [4.69, 9.17) is 23.2 Å². The van der Waals surface area contributed by atoms with Crippen molar-refractivity contribution in [1.29, 1.82) is 0 Å². The zero-order valence-corrected chi connectivity index (χ0v) is 14.8. The van der Waals surface area contributed by atoms with Gasteiger partial charge in [-0.05, 0) is 51.2 Å². The van der Waals surface area contributed by atoms with E-state index in [0.717, 1.165) is 37.9 Å². The van der Waals surface area contributed by atoms with Crippen LogP contribution >= 0.6 is 23.2 Å². The maximum atomic E-state index is 13.0. The number of likely N-dealkylation sites (N-methyl/N-ethyl adjacent to an activating group) is 1. The highest BCUT2D eigenvalue weighted by Gasteiger charge is 2.38. The number of carbonyl (C=O) groups excluding carboxylic acids is 1. The molecule has 0 aliphatic carbocycles. The molecule has 122 valence electrons. The Kier molecular flexibility index (Phi) is 6.27. The summed E-state index contributed by atoms with van der Waals surface area (Å²) in [6, 6.07) is 5.43. The molecule has 1 saturated heterocycles. The number of benzene rings is 1. The Labute approximate surface area is 143 Å². The molecule has 1 unspecified atom stereocenters. The average Bonchev–Trinajstić information content (AvgIpc) is 2.69. The predicted molar refractivity (Wildman–Crippen MR) is 92.9 cm³/mol. The second-order valence-electron chi connectivity index (χ2n) is 6.41. The lowest BCUT2D eigenvalue weighted by atomic mass is 9.85. The zero-order chi connectivity index (χ0) is 16.2. The fourth-order valence-electron chi connectivity index (χ4n) is 3.15. The Morgan fingerprint density at radius 1 is 1.23 bits per heavy atom. The maximum Gasteiger partial charge on any atom is 0.158 e. The summed E-state index contributed by atoms with van der Waals surface area (Å²) < 4.78 is 0. The summed E-state index contributed by atoms with van der Waals surface area (Å²) in [5.41, 5.74) is 0.468. The maximum absolute atomic E-state index is 13.0. The lowest BCUT2D eigenvalue weighted by Gasteiger charge is -2.35. The van der Waals surface area contributed by atoms with Crippen LogP contribution in [0.25, 0.3) is 0 Å². The molecule has 0 amide bonds. The van der Waals surface area contributed by atoms with Crippen LogP contribution in [0, 0.1) is 0 Å². The minimum Gasteiger partial charge on any atom is -0.307 e. The van der Waals surface area contributed by atoms with E-state index in [9.17, 15) is 4.79 Å². The first kappa shape index (κ1) is 17.7. The molecule has 1 fully saturated rings. The molecule has 1 aromatic rings. The zero-order valence-electron chi connectivity index (χ0n) is 13.3. The van der Waals surface area contributed by atoms with Gasteiger partial charge in [0.1, 0.15) is 0 Å². The van der Waals surface area contributed by atoms with Crippen LogP contribution in [-0.2, 0) is 11.2 Å². The molecule has 3 nitrogen and oxygen atoms in total. The van der Waals surface area contributed by atoms with Crippen molar-refractivity contribution >= 4 is 29.0 Å². The number of ketones is 1. The van der Waals surface area contributed by atoms with Gasteiger partial charge in [-0.3, -0.25) is 4.79 Å². The quantitative estimate of drug-likeness (QED) is 0.887. The van der Waals surface area contributed by atoms with Crippen LogP contribution in [-0.4, -0.2) is 43.4 Å². The molecule has 0 bridgehead atoms. The molecule has 0 radical (unpaired) electrons. The fourth-order valence-corrected chi connectivity index (χ4v) is 3.47. The molecular formula is C17H24Cl2N2O. The number of hydrogen-bond donors (Lipinski definition) is 1. The van der Waals surface area contributed by atoms with Gasteiger partial charge in [0.25, 0.3) is 0 Å². The summed E-state index contributed by atoms with van der Waals surface area (Å²) in [6.07, 6.45) is 4.69. The highest BCUT2D eigenvalue weighted by molar-refractivity contribution is 6.42. The standard InChI is InChI=1S/C17H24Cl2N2O/c1-21(2)12-17(8-4-3-5-9-20-17)16(22)11-13-6-7-14(18)15(19)10-13/h6-7,10,20H,3-5,8-9,11-12H2,1-2H3. The van der Waals surface area contributed by atoms with Crippen molar-refractivity contribution in [2.75, 3.05) is 27.2 Å². The third-order valence-electron chi connectivity index (χ3n) is 4.21. The van der Waals surface area contributed by atoms with Crippen LogP contribution in [0.2, 0.25) is 10.0 Å². The van der Waals surface area contributed by atoms with Gasteiger partial charge in [0.05, 0.1) is 15.6 Å². The molecular weight excluding hydrogens is 319 g/mol. The first-order valence-corrected chi connectivity index (χ1v) is 8.55. The van der Waals surface area contributed by atoms with Crippen molar-refractivity contribution in [3.05, 3.63) is 33.8 Å². The summed E-state index contributed by atoms with van der Waals surface area (Å²) in [6.45, 7) is 1.63. The van der Waals surface area contributed by atoms with Gasteiger partial charge in [0.2, 0.25) is 0 Å². The van der Waals surface area contributed by atoms with Gasteiger partial charge >= 0.3 is 0 Å². The SMILES string of the molecule is CN(C)CC1(C(=O)Cc2ccc(Cl)c(Cl)c2)CCCCCN1. The molecule has 5 heteroatoms. The minimum atomic E-state index is -0.452. The first-order valence-electron chi connectivity index (χ1n) is 7.80. The molecule has 1 heterocycles. The highest BCUT2D eigenvalue weighted by Crippen LogP contribution is 2.26. The number of Topliss-reactive ketones (excluding diaryl/α,β-unsaturated/α-hetero) is 1. The first-order chi connectivity index (χ1) is 10.4. The molecule has 0 aromatic heterocycles. The third kappa shape index (κ3) is 4.45. The van der Waals surface area contributed by atoms with Gasteiger partial charge in [-0.1, -0.05) is 42.1 Å². The van der Waals surface area contributed by atoms with Crippen LogP contribution < -0.4 is 5.32 Å². The van der Waals surface area contributed by atoms with Crippen molar-refractivity contribution in [3.8, 4) is 0 Å². The van der Waals surface area contributed by atoms with Crippen molar-refractivity contribution in [2.45, 2.75) is 37.6 Å². The van der Waals surface area contributed by atoms with E-state index in [2.05, 4.69) is 10.2 Å². The van der Waals surface area contributed by atoms with Crippen LogP contribution in [0.4, 0.5) is 0 Å². The largest absolute Gasteiger partial charge is 0.307 e. The molecule has 1 atom stereocenters. The van der Waals surface area contributed by atoms with Crippen LogP contribution in [0.5, 0.6) is 0 Å². The monoisotopic (exact) mass is 342 g/mol. The molecule has 1 aromatic carbocycles. The fraction of sp³-hybridized carbons (Fsp3) is 0.588. The number of nitrogens with zero attached hydrogens (tertiary/aromatic N) is 1. The molecule has 0 saturated carbocycles. The van der Waals surface area contributed by atoms with Gasteiger partial charge in [-0.25, -0.2) is 0 Å². The van der Waals surface area contributed by atoms with Crippen molar-refractivity contribution in [1.82, 2.24) is 10.2 Å². The van der Waals surface area contributed by atoms with E-state index in [1.807, 2.05) is 20.2 Å². The molecule has 22 heavy (non-hydrogen) atoms. The van der Waals surface area contributed by atoms with E-state index >= 15 is 0 Å². The summed E-state index contributed by atoms with van der Waals surface area (Å²) in [7, 11) is 4.03. The number of nitrogens with one attached hydrogen (secondary N) is 1. The Morgan fingerprint density at radius 2 is 2.00 bits per heavy atom. The van der Waals surface area contributed by atoms with E-state index < -0.39 is 5.54 Å². The third-order valence-corrected chi connectivity index (χ3v) is 4.95. The summed E-state index contributed by atoms with van der Waals surface area (Å²) in [5.74, 6) is 0.237. The van der Waals surface area contributed by atoms with E-state index in [0.29, 0.717) is 16.5 Å². The Morgan fingerprint density at radius 3 is 2.68 bits per heavy atom. The van der Waals surface area contributed by atoms with Gasteiger partial charge in [-0.15, -0.1) is 0 Å². The average molecular weight is 343 g/mol. The van der Waals surface area contributed by atoms with Crippen molar-refractivity contribution in [2.24, 2.45) is 0 Å². The summed E-state index contributed by atoms with van der Waals surface area (Å²) >= 11 is 12.0. The molecule has 1 aliphatic heterocycles. The number of hydrogen-bond acceptors (Lipinski definition) is 3. The lowest BCUT2D eigenvalue weighted by Crippen LogP contribution is -2.58. The molecule has 1 aliphatic rings. The second-order valence-corrected chi connectivity index (χ2v) is 7.22. The van der Waals surface area contributed by atoms with E-state index in [1.165, 1.54) is 6.42 Å². The van der Waals surface area contributed by atoms with E-state index in [-0.39, 0.29) is 5.78 Å². The Balaban J connectivity index is 2.18.